The zero-order valence-corrected chi connectivity index (χ0v) is 16.0. The highest BCUT2D eigenvalue weighted by molar-refractivity contribution is 6.22. The van der Waals surface area contributed by atoms with Gasteiger partial charge in [-0.2, -0.15) is 0 Å². The van der Waals surface area contributed by atoms with Crippen molar-refractivity contribution in [2.45, 2.75) is 27.2 Å². The van der Waals surface area contributed by atoms with Gasteiger partial charge in [-0.05, 0) is 37.5 Å². The summed E-state index contributed by atoms with van der Waals surface area (Å²) < 4.78 is 4.86. The van der Waals surface area contributed by atoms with Gasteiger partial charge in [0.25, 0.3) is 17.7 Å². The summed E-state index contributed by atoms with van der Waals surface area (Å²) in [4.78, 5) is 60.9. The molecule has 1 aromatic carbocycles. The van der Waals surface area contributed by atoms with E-state index >= 15 is 0 Å². The van der Waals surface area contributed by atoms with Crippen LogP contribution in [-0.4, -0.2) is 54.3 Å². The number of ether oxygens (including phenoxy) is 1. The number of carbonyl (C=O) groups is 5. The van der Waals surface area contributed by atoms with Gasteiger partial charge in [0, 0.05) is 13.1 Å². The number of amides is 5. The van der Waals surface area contributed by atoms with Crippen LogP contribution in [0.4, 0.5) is 4.79 Å². The fourth-order valence-electron chi connectivity index (χ4n) is 2.59. The standard InChI is InChI=1S/C19H23N3O6/c1-4-20-19(27)21-15(23)10-28-18(26)12-5-6-13-14(9-12)17(25)22(16(13)24)8-7-11(2)3/h5-6,9,11H,4,7-8,10H2,1-3H3,(H2,20,21,23,27). The largest absolute Gasteiger partial charge is 0.452 e. The lowest BCUT2D eigenvalue weighted by Gasteiger charge is -2.14. The van der Waals surface area contributed by atoms with E-state index in [0.717, 1.165) is 0 Å². The Labute approximate surface area is 162 Å². The molecular formula is C19H23N3O6. The van der Waals surface area contributed by atoms with Crippen molar-refractivity contribution in [1.29, 1.82) is 0 Å². The van der Waals surface area contributed by atoms with Gasteiger partial charge in [0.15, 0.2) is 6.61 Å². The molecule has 5 amide bonds. The summed E-state index contributed by atoms with van der Waals surface area (Å²) in [6.07, 6.45) is 0.682. The highest BCUT2D eigenvalue weighted by atomic mass is 16.5. The maximum absolute atomic E-state index is 12.5. The summed E-state index contributed by atoms with van der Waals surface area (Å²) in [5.41, 5.74) is 0.408. The van der Waals surface area contributed by atoms with Crippen LogP contribution in [0.5, 0.6) is 0 Å². The molecule has 2 N–H and O–H groups in total. The average molecular weight is 389 g/mol. The zero-order chi connectivity index (χ0) is 20.8. The summed E-state index contributed by atoms with van der Waals surface area (Å²) in [5.74, 6) is -2.13. The van der Waals surface area contributed by atoms with E-state index in [9.17, 15) is 24.0 Å². The van der Waals surface area contributed by atoms with E-state index in [1.807, 2.05) is 19.2 Å². The van der Waals surface area contributed by atoms with Crippen molar-refractivity contribution in [2.24, 2.45) is 5.92 Å². The van der Waals surface area contributed by atoms with Crippen LogP contribution in [0.15, 0.2) is 18.2 Å². The molecule has 0 bridgehead atoms. The van der Waals surface area contributed by atoms with Crippen molar-refractivity contribution in [3.05, 3.63) is 34.9 Å². The van der Waals surface area contributed by atoms with Gasteiger partial charge in [-0.3, -0.25) is 24.6 Å². The monoisotopic (exact) mass is 389 g/mol. The molecule has 150 valence electrons. The average Bonchev–Trinajstić information content (AvgIpc) is 2.88. The number of benzene rings is 1. The third kappa shape index (κ3) is 4.93. The molecule has 1 aliphatic rings. The smallest absolute Gasteiger partial charge is 0.338 e. The second-order valence-electron chi connectivity index (χ2n) is 6.69. The lowest BCUT2D eigenvalue weighted by Crippen LogP contribution is -2.41. The Hall–Kier alpha value is -3.23. The number of hydrogen-bond acceptors (Lipinski definition) is 6. The van der Waals surface area contributed by atoms with Crippen LogP contribution in [0.3, 0.4) is 0 Å². The molecular weight excluding hydrogens is 366 g/mol. The molecule has 9 nitrogen and oxygen atoms in total. The maximum atomic E-state index is 12.5. The van der Waals surface area contributed by atoms with E-state index in [4.69, 9.17) is 4.74 Å². The van der Waals surface area contributed by atoms with Gasteiger partial charge in [-0.25, -0.2) is 9.59 Å². The van der Waals surface area contributed by atoms with Crippen molar-refractivity contribution in [3.63, 3.8) is 0 Å². The topological polar surface area (TPSA) is 122 Å². The van der Waals surface area contributed by atoms with Gasteiger partial charge >= 0.3 is 12.0 Å². The Morgan fingerprint density at radius 2 is 1.79 bits per heavy atom. The molecule has 0 fully saturated rings. The Bertz CT molecular complexity index is 818. The minimum atomic E-state index is -0.838. The fourth-order valence-corrected chi connectivity index (χ4v) is 2.59. The molecule has 0 saturated heterocycles. The van der Waals surface area contributed by atoms with Gasteiger partial charge in [0.2, 0.25) is 0 Å². The minimum absolute atomic E-state index is 0.0384. The quantitative estimate of drug-likeness (QED) is 0.536. The Balaban J connectivity index is 2.01. The van der Waals surface area contributed by atoms with Gasteiger partial charge in [-0.15, -0.1) is 0 Å². The molecule has 0 spiro atoms. The Morgan fingerprint density at radius 1 is 1.11 bits per heavy atom. The number of nitrogens with one attached hydrogen (secondary N) is 2. The van der Waals surface area contributed by atoms with E-state index in [1.165, 1.54) is 23.1 Å². The summed E-state index contributed by atoms with van der Waals surface area (Å²) in [6.45, 7) is 5.68. The summed E-state index contributed by atoms with van der Waals surface area (Å²) in [5, 5.41) is 4.37. The van der Waals surface area contributed by atoms with E-state index in [2.05, 4.69) is 5.32 Å². The highest BCUT2D eigenvalue weighted by Gasteiger charge is 2.35. The van der Waals surface area contributed by atoms with Crippen LogP contribution < -0.4 is 10.6 Å². The molecule has 0 atom stereocenters. The molecule has 2 rings (SSSR count). The second kappa shape index (κ2) is 9.12. The lowest BCUT2D eigenvalue weighted by molar-refractivity contribution is -0.123. The van der Waals surface area contributed by atoms with Crippen molar-refractivity contribution in [1.82, 2.24) is 15.5 Å². The van der Waals surface area contributed by atoms with Crippen molar-refractivity contribution < 1.29 is 28.7 Å². The molecule has 0 aromatic heterocycles. The van der Waals surface area contributed by atoms with E-state index < -0.39 is 30.4 Å². The van der Waals surface area contributed by atoms with Gasteiger partial charge < -0.3 is 10.1 Å². The molecule has 1 aliphatic heterocycles. The third-order valence-electron chi connectivity index (χ3n) is 4.06. The summed E-state index contributed by atoms with van der Waals surface area (Å²) in [6, 6.07) is 3.36. The number of urea groups is 1. The van der Waals surface area contributed by atoms with Crippen LogP contribution in [-0.2, 0) is 9.53 Å². The number of esters is 1. The predicted molar refractivity (Wildman–Crippen MR) is 98.8 cm³/mol. The number of fused-ring (bicyclic) bond motifs is 1. The Kier molecular flexibility index (Phi) is 6.86. The van der Waals surface area contributed by atoms with Crippen molar-refractivity contribution in [3.8, 4) is 0 Å². The molecule has 0 saturated carbocycles. The first-order valence-corrected chi connectivity index (χ1v) is 8.99. The normalized spacial score (nSPS) is 12.8. The van der Waals surface area contributed by atoms with Crippen LogP contribution in [0, 0.1) is 5.92 Å². The SMILES string of the molecule is CCNC(=O)NC(=O)COC(=O)c1ccc2c(c1)C(=O)N(CCC(C)C)C2=O. The first-order chi connectivity index (χ1) is 13.2. The van der Waals surface area contributed by atoms with Crippen LogP contribution in [0.2, 0.25) is 0 Å². The second-order valence-corrected chi connectivity index (χ2v) is 6.69. The number of hydrogen-bond donors (Lipinski definition) is 2. The van der Waals surface area contributed by atoms with E-state index in [1.54, 1.807) is 6.92 Å². The fraction of sp³-hybridized carbons (Fsp3) is 0.421. The van der Waals surface area contributed by atoms with Gasteiger partial charge in [-0.1, -0.05) is 13.8 Å². The first-order valence-electron chi connectivity index (χ1n) is 8.99. The van der Waals surface area contributed by atoms with Crippen molar-refractivity contribution in [2.75, 3.05) is 19.7 Å². The first kappa shape index (κ1) is 21.1. The van der Waals surface area contributed by atoms with Crippen LogP contribution in [0.25, 0.3) is 0 Å². The summed E-state index contributed by atoms with van der Waals surface area (Å²) >= 11 is 0. The molecule has 0 aliphatic carbocycles. The number of imide groups is 2. The van der Waals surface area contributed by atoms with Crippen molar-refractivity contribution >= 4 is 29.7 Å². The molecule has 1 aromatic rings. The lowest BCUT2D eigenvalue weighted by atomic mass is 10.1. The zero-order valence-electron chi connectivity index (χ0n) is 16.0. The third-order valence-corrected chi connectivity index (χ3v) is 4.06. The Morgan fingerprint density at radius 3 is 2.43 bits per heavy atom. The van der Waals surface area contributed by atoms with E-state index in [0.29, 0.717) is 25.4 Å². The number of carbonyl (C=O) groups excluding carboxylic acids is 5. The van der Waals surface area contributed by atoms with Crippen LogP contribution >= 0.6 is 0 Å². The van der Waals surface area contributed by atoms with Gasteiger partial charge in [0.05, 0.1) is 16.7 Å². The molecule has 0 unspecified atom stereocenters. The predicted octanol–water partition coefficient (Wildman–Crippen LogP) is 1.33. The van der Waals surface area contributed by atoms with E-state index in [-0.39, 0.29) is 22.6 Å². The van der Waals surface area contributed by atoms with Gasteiger partial charge in [0.1, 0.15) is 0 Å². The molecule has 9 heteroatoms. The molecule has 0 radical (unpaired) electrons. The molecule has 28 heavy (non-hydrogen) atoms. The minimum Gasteiger partial charge on any atom is -0.452 e. The highest BCUT2D eigenvalue weighted by Crippen LogP contribution is 2.25. The maximum Gasteiger partial charge on any atom is 0.338 e. The number of nitrogens with zero attached hydrogens (tertiary/aromatic N) is 1. The van der Waals surface area contributed by atoms with Crippen LogP contribution in [0.1, 0.15) is 58.3 Å². The molecule has 1 heterocycles. The summed E-state index contributed by atoms with van der Waals surface area (Å²) in [7, 11) is 0. The number of rotatable bonds is 7.